The van der Waals surface area contributed by atoms with Gasteiger partial charge in [0.05, 0.1) is 0 Å². The van der Waals surface area contributed by atoms with E-state index in [1.165, 1.54) is 0 Å². The Morgan fingerprint density at radius 1 is 1.80 bits per heavy atom. The van der Waals surface area contributed by atoms with Crippen molar-refractivity contribution in [3.8, 4) is 0 Å². The number of rotatable bonds is 0. The Balaban J connectivity index is 2.83. The fourth-order valence-electron chi connectivity index (χ4n) is 0.168. The fraction of sp³-hybridized carbons (Fsp3) is 0.500. The lowest BCUT2D eigenvalue weighted by molar-refractivity contribution is 0.711. The normalized spacial score (nSPS) is 9.00. The Labute approximate surface area is 29.4 Å². The molecule has 28 valence electrons. The molecule has 0 aliphatic rings. The number of aromatic nitrogens is 3. The third-order valence-corrected chi connectivity index (χ3v) is 0.460. The van der Waals surface area contributed by atoms with E-state index in [-0.39, 0.29) is 0 Å². The van der Waals surface area contributed by atoms with Crippen molar-refractivity contribution in [1.29, 1.82) is 0 Å². The summed E-state index contributed by atoms with van der Waals surface area (Å²) >= 11 is 0. The minimum Gasteiger partial charge on any atom is -0.270 e. The first kappa shape index (κ1) is 2.50. The van der Waals surface area contributed by atoms with E-state index in [4.69, 9.17) is 0 Å². The lowest BCUT2D eigenvalue weighted by Gasteiger charge is -1.89. The van der Waals surface area contributed by atoms with Crippen molar-refractivity contribution in [2.75, 3.05) is 0 Å². The van der Waals surface area contributed by atoms with E-state index in [9.17, 15) is 0 Å². The van der Waals surface area contributed by atoms with Crippen LogP contribution in [0.4, 0.5) is 0 Å². The molecule has 2 N–H and O–H groups in total. The molecule has 0 fully saturated rings. The molecule has 0 amide bonds. The van der Waals surface area contributed by atoms with E-state index >= 15 is 0 Å². The molecule has 0 saturated heterocycles. The first-order valence-electron chi connectivity index (χ1n) is 1.45. The zero-order valence-electron chi connectivity index (χ0n) is 2.95. The smallest absolute Gasteiger partial charge is 0.140 e. The maximum atomic E-state index is 3.62. The number of nitrogens with one attached hydrogen (secondary N) is 2. The average Bonchev–Trinajstić information content (AvgIpc) is 1.30. The molecule has 3 nitrogen and oxygen atoms in total. The SMILES string of the molecule is Cc1n[nH][nH]1. The summed E-state index contributed by atoms with van der Waals surface area (Å²) in [6.45, 7) is 1.89. The van der Waals surface area contributed by atoms with Gasteiger partial charge < -0.3 is 0 Å². The van der Waals surface area contributed by atoms with Gasteiger partial charge in [0, 0.05) is 0 Å². The van der Waals surface area contributed by atoms with Crippen LogP contribution in [0.15, 0.2) is 0 Å². The fourth-order valence-corrected chi connectivity index (χ4v) is 0.168. The van der Waals surface area contributed by atoms with Crippen LogP contribution in [-0.2, 0) is 0 Å². The van der Waals surface area contributed by atoms with Crippen LogP contribution >= 0.6 is 0 Å². The summed E-state index contributed by atoms with van der Waals surface area (Å²) in [5.74, 6) is 0.949. The Morgan fingerprint density at radius 3 is 2.20 bits per heavy atom. The summed E-state index contributed by atoms with van der Waals surface area (Å²) in [6.07, 6.45) is 0. The van der Waals surface area contributed by atoms with Gasteiger partial charge in [-0.3, -0.25) is 5.10 Å². The molecule has 1 rings (SSSR count). The molecular weight excluding hydrogens is 66.0 g/mol. The van der Waals surface area contributed by atoms with Gasteiger partial charge in [0.15, 0.2) is 0 Å². The summed E-state index contributed by atoms with van der Waals surface area (Å²) < 4.78 is 0. The number of nitrogens with zero attached hydrogens (tertiary/aromatic N) is 1. The first-order valence-corrected chi connectivity index (χ1v) is 1.45. The highest BCUT2D eigenvalue weighted by atomic mass is 15.4. The van der Waals surface area contributed by atoms with Crippen molar-refractivity contribution in [2.24, 2.45) is 0 Å². The molecule has 3 heteroatoms. The van der Waals surface area contributed by atoms with Crippen LogP contribution in [0.5, 0.6) is 0 Å². The second-order valence-electron chi connectivity index (χ2n) is 0.934. The van der Waals surface area contributed by atoms with Crippen LogP contribution in [0, 0.1) is 6.92 Å². The second-order valence-corrected chi connectivity index (χ2v) is 0.934. The number of aryl methyl sites for hydroxylation is 1. The van der Waals surface area contributed by atoms with Crippen molar-refractivity contribution >= 4 is 0 Å². The van der Waals surface area contributed by atoms with Crippen LogP contribution in [0.3, 0.4) is 0 Å². The van der Waals surface area contributed by atoms with Gasteiger partial charge in [-0.1, -0.05) is 0 Å². The van der Waals surface area contributed by atoms with Crippen LogP contribution < -0.4 is 0 Å². The molecule has 0 aliphatic carbocycles. The molecule has 0 saturated carbocycles. The summed E-state index contributed by atoms with van der Waals surface area (Å²) in [5.41, 5.74) is 0. The summed E-state index contributed by atoms with van der Waals surface area (Å²) in [6, 6.07) is 0. The average molecular weight is 71.1 g/mol. The van der Waals surface area contributed by atoms with Crippen molar-refractivity contribution in [3.63, 3.8) is 0 Å². The standard InChI is InChI=1S/C2H5N3/c1-2-3-5-4-2/h5H,1H3,(H,3,4). The quantitative estimate of drug-likeness (QED) is 0.446. The van der Waals surface area contributed by atoms with Crippen molar-refractivity contribution in [1.82, 2.24) is 15.4 Å². The van der Waals surface area contributed by atoms with Crippen molar-refractivity contribution in [2.45, 2.75) is 6.92 Å². The van der Waals surface area contributed by atoms with Gasteiger partial charge in [-0.15, -0.1) is 5.10 Å². The van der Waals surface area contributed by atoms with Gasteiger partial charge in [-0.2, -0.15) is 0 Å². The molecule has 0 bridgehead atoms. The van der Waals surface area contributed by atoms with E-state index in [1.807, 2.05) is 6.92 Å². The molecule has 0 unspecified atom stereocenters. The molecular formula is C2H5N3. The highest BCUT2D eigenvalue weighted by Crippen LogP contribution is 1.72. The van der Waals surface area contributed by atoms with Gasteiger partial charge in [-0.25, -0.2) is 5.21 Å². The predicted molar refractivity (Wildman–Crippen MR) is 17.7 cm³/mol. The third kappa shape index (κ3) is 0.190. The number of hydrogen-bond acceptors (Lipinski definition) is 1. The molecule has 1 aromatic heterocycles. The molecule has 0 radical (unpaired) electrons. The van der Waals surface area contributed by atoms with E-state index in [1.54, 1.807) is 0 Å². The minimum absolute atomic E-state index is 0.949. The lowest BCUT2D eigenvalue weighted by atomic mass is 10.8. The van der Waals surface area contributed by atoms with E-state index in [0.717, 1.165) is 5.82 Å². The topological polar surface area (TPSA) is 44.5 Å². The largest absolute Gasteiger partial charge is 0.270 e. The molecule has 0 aromatic carbocycles. The van der Waals surface area contributed by atoms with Crippen molar-refractivity contribution in [3.05, 3.63) is 5.82 Å². The molecule has 1 aromatic rings. The Hall–Kier alpha value is -0.730. The Kier molecular flexibility index (Phi) is 0.304. The van der Waals surface area contributed by atoms with Crippen LogP contribution in [0.1, 0.15) is 5.82 Å². The van der Waals surface area contributed by atoms with Gasteiger partial charge in [0.1, 0.15) is 5.82 Å². The molecule has 1 heterocycles. The van der Waals surface area contributed by atoms with E-state index < -0.39 is 0 Å². The lowest BCUT2D eigenvalue weighted by Crippen LogP contribution is -1.96. The summed E-state index contributed by atoms with van der Waals surface area (Å²) in [4.78, 5) is 0. The zero-order valence-corrected chi connectivity index (χ0v) is 2.95. The van der Waals surface area contributed by atoms with Gasteiger partial charge in [-0.05, 0) is 6.92 Å². The third-order valence-electron chi connectivity index (χ3n) is 0.460. The highest BCUT2D eigenvalue weighted by molar-refractivity contribution is 4.66. The predicted octanol–water partition coefficient (Wildman–Crippen LogP) is 0.0462. The van der Waals surface area contributed by atoms with E-state index in [0.29, 0.717) is 0 Å². The molecule has 5 heavy (non-hydrogen) atoms. The maximum absolute atomic E-state index is 3.62. The Bertz CT molecular complexity index is 87.1. The second kappa shape index (κ2) is 0.607. The van der Waals surface area contributed by atoms with Gasteiger partial charge >= 0.3 is 0 Å². The van der Waals surface area contributed by atoms with Crippen LogP contribution in [-0.4, -0.2) is 15.4 Å². The Morgan fingerprint density at radius 2 is 2.20 bits per heavy atom. The monoisotopic (exact) mass is 71.0 g/mol. The summed E-state index contributed by atoms with van der Waals surface area (Å²) in [7, 11) is 0. The molecule has 0 spiro atoms. The maximum Gasteiger partial charge on any atom is 0.140 e. The molecule has 0 atom stereocenters. The highest BCUT2D eigenvalue weighted by Gasteiger charge is 1.75. The number of hydrogen-bond donors (Lipinski definition) is 2. The minimum atomic E-state index is 0.949. The van der Waals surface area contributed by atoms with E-state index in [2.05, 4.69) is 15.4 Å². The first-order chi connectivity index (χ1) is 2.39. The van der Waals surface area contributed by atoms with Crippen LogP contribution in [0.2, 0.25) is 0 Å². The molecule has 0 aliphatic heterocycles. The van der Waals surface area contributed by atoms with Crippen LogP contribution in [0.25, 0.3) is 0 Å². The van der Waals surface area contributed by atoms with Gasteiger partial charge in [0.2, 0.25) is 0 Å². The zero-order chi connectivity index (χ0) is 3.70. The van der Waals surface area contributed by atoms with Crippen molar-refractivity contribution < 1.29 is 0 Å². The number of H-pyrrole nitrogens is 2. The summed E-state index contributed by atoms with van der Waals surface area (Å²) in [5, 5.41) is 8.83. The van der Waals surface area contributed by atoms with Gasteiger partial charge in [0.25, 0.3) is 0 Å². The number of aromatic amines is 2.